The van der Waals surface area contributed by atoms with Gasteiger partial charge in [0.15, 0.2) is 17.9 Å². The summed E-state index contributed by atoms with van der Waals surface area (Å²) >= 11 is 0. The topological polar surface area (TPSA) is 128 Å². The summed E-state index contributed by atoms with van der Waals surface area (Å²) in [6, 6.07) is 42.3. The number of esters is 4. The Morgan fingerprint density at radius 1 is 0.554 bits per heavy atom. The van der Waals surface area contributed by atoms with Gasteiger partial charge in [-0.2, -0.15) is 4.57 Å². The van der Waals surface area contributed by atoms with Gasteiger partial charge in [0.1, 0.15) is 25.5 Å². The van der Waals surface area contributed by atoms with Crippen LogP contribution in [0.5, 0.6) is 5.75 Å². The highest BCUT2D eigenvalue weighted by molar-refractivity contribution is 5.91. The Morgan fingerprint density at radius 2 is 1.02 bits per heavy atom. The number of hydrogen-bond donors (Lipinski definition) is 0. The first-order valence-electron chi connectivity index (χ1n) is 18.0. The third-order valence-electron chi connectivity index (χ3n) is 9.38. The zero-order chi connectivity index (χ0) is 39.0. The van der Waals surface area contributed by atoms with Crippen molar-refractivity contribution in [3.05, 3.63) is 180 Å². The molecule has 1 aromatic heterocycles. The number of nitrogens with zero attached hydrogens (tertiary/aromatic N) is 1. The number of pyridine rings is 1. The van der Waals surface area contributed by atoms with Crippen LogP contribution in [0.3, 0.4) is 0 Å². The molecule has 11 heteroatoms. The molecule has 1 aliphatic rings. The molecule has 0 spiro atoms. The Balaban J connectivity index is 1.31. The van der Waals surface area contributed by atoms with Crippen LogP contribution in [-0.4, -0.2) is 61.2 Å². The average molecular weight is 753 g/mol. The molecule has 282 valence electrons. The van der Waals surface area contributed by atoms with Gasteiger partial charge in [0.2, 0.25) is 17.9 Å². The predicted molar refractivity (Wildman–Crippen MR) is 203 cm³/mol. The van der Waals surface area contributed by atoms with Crippen molar-refractivity contribution in [2.24, 2.45) is 7.05 Å². The fraction of sp³-hybridized carbons (Fsp3) is 0.178. The van der Waals surface area contributed by atoms with E-state index in [4.69, 9.17) is 28.4 Å². The van der Waals surface area contributed by atoms with Crippen molar-refractivity contribution in [2.75, 3.05) is 6.61 Å². The fourth-order valence-electron chi connectivity index (χ4n) is 6.31. The number of hydrogen-bond acceptors (Lipinski definition) is 10. The first-order valence-corrected chi connectivity index (χ1v) is 18.0. The van der Waals surface area contributed by atoms with Gasteiger partial charge in [-0.25, -0.2) is 19.2 Å². The smallest absolute Gasteiger partial charge is 0.338 e. The van der Waals surface area contributed by atoms with Crippen molar-refractivity contribution in [3.8, 4) is 5.75 Å². The summed E-state index contributed by atoms with van der Waals surface area (Å²) in [5.74, 6) is -2.71. The van der Waals surface area contributed by atoms with Crippen molar-refractivity contribution < 1.29 is 52.2 Å². The summed E-state index contributed by atoms with van der Waals surface area (Å²) < 4.78 is 39.1. The molecule has 0 bridgehead atoms. The molecule has 7 rings (SSSR count). The molecule has 0 saturated carbocycles. The summed E-state index contributed by atoms with van der Waals surface area (Å²) in [7, 11) is 1.95. The molecule has 5 atom stereocenters. The number of benzene rings is 5. The first-order chi connectivity index (χ1) is 27.2. The Labute approximate surface area is 322 Å². The predicted octanol–water partition coefficient (Wildman–Crippen LogP) is 6.61. The molecule has 2 heterocycles. The minimum atomic E-state index is -1.54. The molecule has 6 aromatic rings. The van der Waals surface area contributed by atoms with E-state index in [9.17, 15) is 19.2 Å². The molecule has 1 fully saturated rings. The number of rotatable bonds is 11. The van der Waals surface area contributed by atoms with Gasteiger partial charge >= 0.3 is 23.9 Å². The Bertz CT molecular complexity index is 2320. The molecule has 1 aliphatic heterocycles. The number of aryl methyl sites for hydroxylation is 2. The van der Waals surface area contributed by atoms with Gasteiger partial charge in [-0.15, -0.1) is 0 Å². The number of aromatic nitrogens is 1. The highest BCUT2D eigenvalue weighted by Gasteiger charge is 2.54. The zero-order valence-electron chi connectivity index (χ0n) is 30.6. The summed E-state index contributed by atoms with van der Waals surface area (Å²) in [6.45, 7) is 1.53. The van der Waals surface area contributed by atoms with Crippen molar-refractivity contribution in [1.29, 1.82) is 0 Å². The molecule has 56 heavy (non-hydrogen) atoms. The van der Waals surface area contributed by atoms with Gasteiger partial charge in [-0.05, 0) is 66.7 Å². The molecule has 0 amide bonds. The quantitative estimate of drug-likeness (QED) is 0.0811. The van der Waals surface area contributed by atoms with E-state index in [2.05, 4.69) is 0 Å². The van der Waals surface area contributed by atoms with Crippen LogP contribution < -0.4 is 9.30 Å². The zero-order valence-corrected chi connectivity index (χ0v) is 30.6. The van der Waals surface area contributed by atoms with Crippen LogP contribution in [0, 0.1) is 6.92 Å². The maximum absolute atomic E-state index is 13.9. The largest absolute Gasteiger partial charge is 0.461 e. The van der Waals surface area contributed by atoms with Crippen LogP contribution in [0.4, 0.5) is 0 Å². The summed E-state index contributed by atoms with van der Waals surface area (Å²) in [6.07, 6.45) is -7.30. The van der Waals surface area contributed by atoms with E-state index in [1.165, 1.54) is 0 Å². The molecule has 0 unspecified atom stereocenters. The van der Waals surface area contributed by atoms with Crippen molar-refractivity contribution in [2.45, 2.75) is 37.6 Å². The van der Waals surface area contributed by atoms with E-state index in [-0.39, 0.29) is 22.3 Å². The molecular formula is C45H38NO10+. The van der Waals surface area contributed by atoms with Crippen molar-refractivity contribution in [3.63, 3.8) is 0 Å². The van der Waals surface area contributed by atoms with Crippen LogP contribution in [0.2, 0.25) is 0 Å². The second-order valence-corrected chi connectivity index (χ2v) is 13.1. The first kappa shape index (κ1) is 37.5. The SMILES string of the molecule is Cc1ccc2cc(O[C@@H]3O[C@H](COC(=O)c4ccccc4)[C@@H](OC(=O)c4ccccc4)[C@H](OC(=O)c4ccccc4)[C@H]3OC(=O)c3ccccc3)ccc2[n+]1C. The lowest BCUT2D eigenvalue weighted by molar-refractivity contribution is -0.651. The van der Waals surface area contributed by atoms with Gasteiger partial charge < -0.3 is 28.4 Å². The van der Waals surface area contributed by atoms with Gasteiger partial charge in [-0.3, -0.25) is 0 Å². The van der Waals surface area contributed by atoms with E-state index in [1.54, 1.807) is 133 Å². The Morgan fingerprint density at radius 3 is 1.54 bits per heavy atom. The lowest BCUT2D eigenvalue weighted by Crippen LogP contribution is -2.63. The van der Waals surface area contributed by atoms with Crippen LogP contribution in [0.15, 0.2) is 152 Å². The van der Waals surface area contributed by atoms with Crippen LogP contribution in [-0.2, 0) is 30.7 Å². The van der Waals surface area contributed by atoms with Crippen LogP contribution in [0.25, 0.3) is 10.9 Å². The average Bonchev–Trinajstić information content (AvgIpc) is 3.24. The van der Waals surface area contributed by atoms with E-state index in [0.29, 0.717) is 5.75 Å². The monoisotopic (exact) mass is 752 g/mol. The van der Waals surface area contributed by atoms with E-state index in [1.807, 2.05) is 36.7 Å². The van der Waals surface area contributed by atoms with Gasteiger partial charge in [0, 0.05) is 19.1 Å². The number of carbonyl (C=O) groups is 4. The lowest BCUT2D eigenvalue weighted by Gasteiger charge is -2.44. The summed E-state index contributed by atoms with van der Waals surface area (Å²) in [5, 5.41) is 0.847. The standard InChI is InChI=1S/C45H38NO10/c1-29-23-24-34-27-35(25-26-36(34)46(29)2)52-45-40(56-44(50)33-21-13-6-14-22-33)39(55-43(49)32-19-11-5-12-20-32)38(54-42(48)31-17-9-4-10-18-31)37(53-45)28-51-41(47)30-15-7-3-8-16-30/h3-27,37-40,45H,28H2,1-2H3/q+1/t37-,38-,39+,40-,45-/m1/s1. The normalized spacial score (nSPS) is 19.0. The minimum Gasteiger partial charge on any atom is -0.461 e. The maximum atomic E-state index is 13.9. The Hall–Kier alpha value is -6.85. The van der Waals surface area contributed by atoms with Crippen LogP contribution in [0.1, 0.15) is 47.1 Å². The van der Waals surface area contributed by atoms with Gasteiger partial charge in [0.25, 0.3) is 0 Å². The number of ether oxygens (including phenoxy) is 6. The third kappa shape index (κ3) is 8.59. The highest BCUT2D eigenvalue weighted by atomic mass is 16.7. The number of carbonyl (C=O) groups excluding carboxylic acids is 4. The van der Waals surface area contributed by atoms with Crippen molar-refractivity contribution >= 4 is 34.8 Å². The lowest BCUT2D eigenvalue weighted by atomic mass is 9.97. The molecular weight excluding hydrogens is 714 g/mol. The molecule has 0 radical (unpaired) electrons. The van der Waals surface area contributed by atoms with E-state index in [0.717, 1.165) is 16.6 Å². The van der Waals surface area contributed by atoms with E-state index < -0.39 is 61.2 Å². The number of fused-ring (bicyclic) bond motifs is 1. The second kappa shape index (κ2) is 17.1. The fourth-order valence-corrected chi connectivity index (χ4v) is 6.31. The van der Waals surface area contributed by atoms with Gasteiger partial charge in [-0.1, -0.05) is 72.8 Å². The molecule has 11 nitrogen and oxygen atoms in total. The molecule has 1 saturated heterocycles. The van der Waals surface area contributed by atoms with Crippen LogP contribution >= 0.6 is 0 Å². The maximum Gasteiger partial charge on any atom is 0.338 e. The highest BCUT2D eigenvalue weighted by Crippen LogP contribution is 2.33. The minimum absolute atomic E-state index is 0.183. The molecule has 5 aromatic carbocycles. The Kier molecular flexibility index (Phi) is 11.4. The van der Waals surface area contributed by atoms with E-state index >= 15 is 0 Å². The summed E-state index contributed by atoms with van der Waals surface area (Å²) in [5.41, 5.74) is 2.82. The molecule has 0 aliphatic carbocycles. The third-order valence-corrected chi connectivity index (χ3v) is 9.38. The molecule has 0 N–H and O–H groups in total. The second-order valence-electron chi connectivity index (χ2n) is 13.1. The van der Waals surface area contributed by atoms with Crippen molar-refractivity contribution in [1.82, 2.24) is 0 Å². The summed E-state index contributed by atoms with van der Waals surface area (Å²) in [4.78, 5) is 54.7. The van der Waals surface area contributed by atoms with Gasteiger partial charge in [0.05, 0.1) is 27.6 Å².